The summed E-state index contributed by atoms with van der Waals surface area (Å²) in [6, 6.07) is 2.46. The molecule has 3 heterocycles. The summed E-state index contributed by atoms with van der Waals surface area (Å²) in [4.78, 5) is 5.33. The van der Waals surface area contributed by atoms with Crippen LogP contribution in [0.15, 0.2) is 12.1 Å². The number of rotatable bonds is 1. The maximum Gasteiger partial charge on any atom is 0.221 e. The molecule has 104 valence electrons. The number of pyridine rings is 1. The number of aliphatic hydroxyl groups is 1. The van der Waals surface area contributed by atoms with Gasteiger partial charge in [-0.15, -0.1) is 0 Å². The van der Waals surface area contributed by atoms with Crippen molar-refractivity contribution in [2.24, 2.45) is 0 Å². The normalized spacial score (nSPS) is 35.4. The molecule has 1 aromatic heterocycles. The van der Waals surface area contributed by atoms with Gasteiger partial charge in [0.1, 0.15) is 0 Å². The largest absolute Gasteiger partial charge is 0.385 e. The van der Waals surface area contributed by atoms with Gasteiger partial charge in [0.25, 0.3) is 0 Å². The van der Waals surface area contributed by atoms with Gasteiger partial charge in [-0.1, -0.05) is 0 Å². The van der Waals surface area contributed by atoms with Crippen molar-refractivity contribution in [3.05, 3.63) is 29.6 Å². The maximum absolute atomic E-state index is 13.8. The van der Waals surface area contributed by atoms with Crippen LogP contribution in [0, 0.1) is 11.9 Å². The van der Waals surface area contributed by atoms with Gasteiger partial charge < -0.3 is 9.84 Å². The number of piperidine rings is 1. The third kappa shape index (κ3) is 2.13. The van der Waals surface area contributed by atoms with Gasteiger partial charge in [0.2, 0.25) is 11.9 Å². The first kappa shape index (κ1) is 12.9. The van der Waals surface area contributed by atoms with E-state index in [9.17, 15) is 13.9 Å². The Bertz CT molecular complexity index is 484. The molecule has 19 heavy (non-hydrogen) atoms. The first-order valence-electron chi connectivity index (χ1n) is 6.34. The Morgan fingerprint density at radius 2 is 1.95 bits per heavy atom. The zero-order chi connectivity index (χ0) is 13.6. The van der Waals surface area contributed by atoms with Crippen LogP contribution in [0.5, 0.6) is 0 Å². The second-order valence-electron chi connectivity index (χ2n) is 5.42. The average molecular weight is 270 g/mol. The van der Waals surface area contributed by atoms with Crippen molar-refractivity contribution in [2.45, 2.75) is 30.5 Å². The zero-order valence-electron chi connectivity index (χ0n) is 10.6. The molecule has 2 unspecified atom stereocenters. The molecule has 1 N–H and O–H groups in total. The fraction of sp³-hybridized carbons (Fsp3) is 0.615. The molecule has 2 aliphatic heterocycles. The summed E-state index contributed by atoms with van der Waals surface area (Å²) in [6.45, 7) is 1.04. The Morgan fingerprint density at radius 1 is 1.32 bits per heavy atom. The molecule has 2 saturated heterocycles. The van der Waals surface area contributed by atoms with Crippen LogP contribution in [0.2, 0.25) is 0 Å². The predicted molar refractivity (Wildman–Crippen MR) is 63.4 cm³/mol. The number of fused-ring (bicyclic) bond motifs is 2. The molecule has 2 atom stereocenters. The van der Waals surface area contributed by atoms with Gasteiger partial charge in [0.05, 0.1) is 18.8 Å². The van der Waals surface area contributed by atoms with Crippen molar-refractivity contribution >= 4 is 0 Å². The molecule has 1 aromatic rings. The lowest BCUT2D eigenvalue weighted by Gasteiger charge is -2.50. The SMILES string of the molecule is CN1C2COCC1CC(O)(c1ccc(F)nc1F)C2. The van der Waals surface area contributed by atoms with Crippen molar-refractivity contribution in [2.75, 3.05) is 20.3 Å². The first-order valence-corrected chi connectivity index (χ1v) is 6.34. The zero-order valence-corrected chi connectivity index (χ0v) is 10.6. The second kappa shape index (κ2) is 4.47. The summed E-state index contributed by atoms with van der Waals surface area (Å²) in [5.74, 6) is -1.80. The molecular formula is C13H16F2N2O2. The Balaban J connectivity index is 1.95. The van der Waals surface area contributed by atoms with E-state index in [4.69, 9.17) is 4.74 Å². The lowest BCUT2D eigenvalue weighted by atomic mass is 9.77. The Labute approximate surface area is 110 Å². The number of hydrogen-bond acceptors (Lipinski definition) is 4. The highest BCUT2D eigenvalue weighted by Gasteiger charge is 2.46. The van der Waals surface area contributed by atoms with Gasteiger partial charge in [0, 0.05) is 17.6 Å². The van der Waals surface area contributed by atoms with Crippen LogP contribution in [0.4, 0.5) is 8.78 Å². The predicted octanol–water partition coefficient (Wildman–Crippen LogP) is 1.04. The van der Waals surface area contributed by atoms with Gasteiger partial charge in [0.15, 0.2) is 0 Å². The van der Waals surface area contributed by atoms with Crippen LogP contribution in [-0.4, -0.2) is 47.3 Å². The summed E-state index contributed by atoms with van der Waals surface area (Å²) < 4.78 is 32.1. The van der Waals surface area contributed by atoms with E-state index in [0.717, 1.165) is 6.07 Å². The summed E-state index contributed by atoms with van der Waals surface area (Å²) in [7, 11) is 1.98. The molecule has 2 aliphatic rings. The number of halogens is 2. The number of hydrogen-bond donors (Lipinski definition) is 1. The highest BCUT2D eigenvalue weighted by molar-refractivity contribution is 5.22. The third-order valence-corrected chi connectivity index (χ3v) is 4.24. The molecule has 3 rings (SSSR count). The van der Waals surface area contributed by atoms with Gasteiger partial charge in [-0.25, -0.2) is 0 Å². The molecule has 0 amide bonds. The molecule has 6 heteroatoms. The molecule has 0 aromatic carbocycles. The van der Waals surface area contributed by atoms with Crippen LogP contribution < -0.4 is 0 Å². The van der Waals surface area contributed by atoms with Crippen molar-refractivity contribution < 1.29 is 18.6 Å². The van der Waals surface area contributed by atoms with E-state index in [2.05, 4.69) is 9.88 Å². The minimum Gasteiger partial charge on any atom is -0.385 e. The molecule has 2 fully saturated rings. The van der Waals surface area contributed by atoms with E-state index in [-0.39, 0.29) is 17.6 Å². The van der Waals surface area contributed by atoms with E-state index >= 15 is 0 Å². The standard InChI is InChI=1S/C13H16F2N2O2/c1-17-8-4-13(18,5-9(17)7-19-6-8)10-2-3-11(14)16-12(10)15/h2-3,8-9,18H,4-7H2,1H3. The van der Waals surface area contributed by atoms with Crippen LogP contribution in [0.25, 0.3) is 0 Å². The summed E-state index contributed by atoms with van der Waals surface area (Å²) in [6.07, 6.45) is 0.731. The lowest BCUT2D eigenvalue weighted by molar-refractivity contribution is -0.139. The Morgan fingerprint density at radius 3 is 2.53 bits per heavy atom. The third-order valence-electron chi connectivity index (χ3n) is 4.24. The van der Waals surface area contributed by atoms with E-state index in [1.165, 1.54) is 6.07 Å². The van der Waals surface area contributed by atoms with Crippen LogP contribution in [0.3, 0.4) is 0 Å². The maximum atomic E-state index is 13.8. The molecular weight excluding hydrogens is 254 g/mol. The van der Waals surface area contributed by atoms with E-state index in [1.807, 2.05) is 7.05 Å². The number of morpholine rings is 1. The molecule has 0 spiro atoms. The number of nitrogens with zero attached hydrogens (tertiary/aromatic N) is 2. The van der Waals surface area contributed by atoms with Gasteiger partial charge >= 0.3 is 0 Å². The smallest absolute Gasteiger partial charge is 0.221 e. The molecule has 0 saturated carbocycles. The minimum absolute atomic E-state index is 0.0435. The minimum atomic E-state index is -1.30. The fourth-order valence-electron chi connectivity index (χ4n) is 3.12. The fourth-order valence-corrected chi connectivity index (χ4v) is 3.12. The highest BCUT2D eigenvalue weighted by Crippen LogP contribution is 2.40. The lowest BCUT2D eigenvalue weighted by Crippen LogP contribution is -2.59. The molecule has 4 nitrogen and oxygen atoms in total. The summed E-state index contributed by atoms with van der Waals surface area (Å²) in [5.41, 5.74) is -1.21. The Hall–Kier alpha value is -1.11. The van der Waals surface area contributed by atoms with Crippen molar-refractivity contribution in [3.63, 3.8) is 0 Å². The molecule has 2 bridgehead atoms. The quantitative estimate of drug-likeness (QED) is 0.775. The Kier molecular flexibility index (Phi) is 3.03. The van der Waals surface area contributed by atoms with Crippen LogP contribution >= 0.6 is 0 Å². The van der Waals surface area contributed by atoms with Crippen LogP contribution in [0.1, 0.15) is 18.4 Å². The monoisotopic (exact) mass is 270 g/mol. The van der Waals surface area contributed by atoms with E-state index in [0.29, 0.717) is 26.1 Å². The average Bonchev–Trinajstić information content (AvgIpc) is 2.31. The van der Waals surface area contributed by atoms with Crippen LogP contribution in [-0.2, 0) is 10.3 Å². The number of likely N-dealkylation sites (N-methyl/N-ethyl adjacent to an activating group) is 1. The highest BCUT2D eigenvalue weighted by atomic mass is 19.1. The van der Waals surface area contributed by atoms with Gasteiger partial charge in [-0.3, -0.25) is 4.90 Å². The number of aromatic nitrogens is 1. The first-order chi connectivity index (χ1) is 8.99. The molecule has 0 radical (unpaired) electrons. The number of ether oxygens (including phenoxy) is 1. The van der Waals surface area contributed by atoms with E-state index < -0.39 is 17.5 Å². The topological polar surface area (TPSA) is 45.6 Å². The summed E-state index contributed by atoms with van der Waals surface area (Å²) >= 11 is 0. The van der Waals surface area contributed by atoms with Crippen molar-refractivity contribution in [3.8, 4) is 0 Å². The van der Waals surface area contributed by atoms with Gasteiger partial charge in [-0.2, -0.15) is 13.8 Å². The van der Waals surface area contributed by atoms with Gasteiger partial charge in [-0.05, 0) is 32.0 Å². The second-order valence-corrected chi connectivity index (χ2v) is 5.42. The summed E-state index contributed by atoms with van der Waals surface area (Å²) in [5, 5.41) is 10.8. The van der Waals surface area contributed by atoms with Crippen molar-refractivity contribution in [1.29, 1.82) is 0 Å². The van der Waals surface area contributed by atoms with Crippen molar-refractivity contribution in [1.82, 2.24) is 9.88 Å². The molecule has 0 aliphatic carbocycles. The van der Waals surface area contributed by atoms with E-state index in [1.54, 1.807) is 0 Å².